The van der Waals surface area contributed by atoms with Crippen LogP contribution in [-0.4, -0.2) is 26.2 Å². The number of nitrogens with zero attached hydrogens (tertiary/aromatic N) is 4. The van der Waals surface area contributed by atoms with Gasteiger partial charge in [-0.15, -0.1) is 10.2 Å². The van der Waals surface area contributed by atoms with E-state index in [4.69, 9.17) is 5.73 Å². The molecular formula is C10H19N5. The molecule has 5 heteroatoms. The molecule has 2 N–H and O–H groups in total. The van der Waals surface area contributed by atoms with Crippen molar-refractivity contribution >= 4 is 0 Å². The summed E-state index contributed by atoms with van der Waals surface area (Å²) in [5, 5.41) is 12.7. The minimum absolute atomic E-state index is 0.00347. The van der Waals surface area contributed by atoms with Crippen molar-refractivity contribution in [1.82, 2.24) is 20.2 Å². The Kier molecular flexibility index (Phi) is 2.12. The SMILES string of the molecule is CC(N)C1(c2nnn(C(C)(C)C)n2)CC1. The van der Waals surface area contributed by atoms with Gasteiger partial charge in [0, 0.05) is 11.5 Å². The Balaban J connectivity index is 2.29. The summed E-state index contributed by atoms with van der Waals surface area (Å²) in [5.41, 5.74) is 5.86. The van der Waals surface area contributed by atoms with E-state index in [2.05, 4.69) is 36.2 Å². The predicted molar refractivity (Wildman–Crippen MR) is 57.4 cm³/mol. The van der Waals surface area contributed by atoms with Crippen LogP contribution in [0.25, 0.3) is 0 Å². The molecule has 0 radical (unpaired) electrons. The Morgan fingerprint density at radius 1 is 1.40 bits per heavy atom. The van der Waals surface area contributed by atoms with E-state index in [0.717, 1.165) is 18.7 Å². The van der Waals surface area contributed by atoms with Crippen LogP contribution in [0.4, 0.5) is 0 Å². The normalized spacial score (nSPS) is 21.4. The van der Waals surface area contributed by atoms with Gasteiger partial charge in [0.1, 0.15) is 0 Å². The Labute approximate surface area is 90.0 Å². The molecule has 84 valence electrons. The van der Waals surface area contributed by atoms with Crippen molar-refractivity contribution in [2.75, 3.05) is 0 Å². The van der Waals surface area contributed by atoms with E-state index in [1.54, 1.807) is 4.80 Å². The second kappa shape index (κ2) is 3.01. The number of rotatable bonds is 2. The Hall–Kier alpha value is -0.970. The smallest absolute Gasteiger partial charge is 0.182 e. The van der Waals surface area contributed by atoms with Crippen LogP contribution in [0.1, 0.15) is 46.4 Å². The number of hydrogen-bond acceptors (Lipinski definition) is 4. The summed E-state index contributed by atoms with van der Waals surface area (Å²) >= 11 is 0. The third kappa shape index (κ3) is 1.65. The number of nitrogens with two attached hydrogens (primary N) is 1. The minimum atomic E-state index is -0.112. The number of aromatic nitrogens is 4. The zero-order chi connectivity index (χ0) is 11.3. The van der Waals surface area contributed by atoms with E-state index in [-0.39, 0.29) is 17.0 Å². The summed E-state index contributed by atoms with van der Waals surface area (Å²) in [6.07, 6.45) is 2.17. The van der Waals surface area contributed by atoms with Gasteiger partial charge in [-0.3, -0.25) is 0 Å². The maximum atomic E-state index is 5.97. The number of tetrazole rings is 1. The van der Waals surface area contributed by atoms with E-state index in [1.165, 1.54) is 0 Å². The van der Waals surface area contributed by atoms with Gasteiger partial charge < -0.3 is 5.73 Å². The molecule has 0 bridgehead atoms. The van der Waals surface area contributed by atoms with Gasteiger partial charge in [0.25, 0.3) is 0 Å². The molecule has 1 unspecified atom stereocenters. The van der Waals surface area contributed by atoms with E-state index in [0.29, 0.717) is 0 Å². The molecule has 0 aliphatic heterocycles. The summed E-state index contributed by atoms with van der Waals surface area (Å²) in [6, 6.07) is 0.107. The molecule has 1 aromatic heterocycles. The highest BCUT2D eigenvalue weighted by Crippen LogP contribution is 2.48. The van der Waals surface area contributed by atoms with Crippen LogP contribution in [0, 0.1) is 0 Å². The first-order chi connectivity index (χ1) is 6.86. The van der Waals surface area contributed by atoms with Gasteiger partial charge in [0.2, 0.25) is 0 Å². The Morgan fingerprint density at radius 2 is 2.00 bits per heavy atom. The molecule has 0 saturated heterocycles. The van der Waals surface area contributed by atoms with Crippen LogP contribution < -0.4 is 5.73 Å². The highest BCUT2D eigenvalue weighted by atomic mass is 15.6. The van der Waals surface area contributed by atoms with Crippen LogP contribution in [0.5, 0.6) is 0 Å². The second-order valence-corrected chi connectivity index (χ2v) is 5.52. The van der Waals surface area contributed by atoms with E-state index < -0.39 is 0 Å². The molecule has 1 heterocycles. The van der Waals surface area contributed by atoms with E-state index in [9.17, 15) is 0 Å². The molecule has 15 heavy (non-hydrogen) atoms. The van der Waals surface area contributed by atoms with E-state index >= 15 is 0 Å². The molecular weight excluding hydrogens is 190 g/mol. The lowest BCUT2D eigenvalue weighted by Gasteiger charge is -2.17. The third-order valence-electron chi connectivity index (χ3n) is 3.12. The molecule has 1 fully saturated rings. The predicted octanol–water partition coefficient (Wildman–Crippen LogP) is 0.807. The number of hydrogen-bond donors (Lipinski definition) is 1. The molecule has 1 aromatic rings. The van der Waals surface area contributed by atoms with Crippen LogP contribution in [0.15, 0.2) is 0 Å². The zero-order valence-electron chi connectivity index (χ0n) is 9.86. The van der Waals surface area contributed by atoms with Gasteiger partial charge in [-0.1, -0.05) is 0 Å². The summed E-state index contributed by atoms with van der Waals surface area (Å²) in [5.74, 6) is 0.812. The second-order valence-electron chi connectivity index (χ2n) is 5.52. The molecule has 1 aliphatic rings. The standard InChI is InChI=1S/C10H19N5/c1-7(11)10(5-6-10)8-12-14-15(13-8)9(2,3)4/h7H,5-6,11H2,1-4H3. The average Bonchev–Trinajstić information content (AvgIpc) is 2.75. The van der Waals surface area contributed by atoms with Crippen molar-refractivity contribution in [3.63, 3.8) is 0 Å². The van der Waals surface area contributed by atoms with Crippen molar-refractivity contribution in [1.29, 1.82) is 0 Å². The fourth-order valence-corrected chi connectivity index (χ4v) is 1.72. The van der Waals surface area contributed by atoms with Gasteiger partial charge in [-0.05, 0) is 45.7 Å². The van der Waals surface area contributed by atoms with Crippen LogP contribution in [-0.2, 0) is 11.0 Å². The first-order valence-electron chi connectivity index (χ1n) is 5.43. The lowest BCUT2D eigenvalue weighted by Crippen LogP contribution is -2.33. The average molecular weight is 209 g/mol. The van der Waals surface area contributed by atoms with Gasteiger partial charge in [0.05, 0.1) is 5.54 Å². The lowest BCUT2D eigenvalue weighted by molar-refractivity contribution is 0.304. The maximum absolute atomic E-state index is 5.97. The van der Waals surface area contributed by atoms with Crippen LogP contribution in [0.3, 0.4) is 0 Å². The monoisotopic (exact) mass is 209 g/mol. The van der Waals surface area contributed by atoms with Crippen LogP contribution in [0.2, 0.25) is 0 Å². The highest BCUT2D eigenvalue weighted by molar-refractivity contribution is 5.19. The lowest BCUT2D eigenvalue weighted by atomic mass is 9.98. The summed E-state index contributed by atoms with van der Waals surface area (Å²) in [6.45, 7) is 8.20. The summed E-state index contributed by atoms with van der Waals surface area (Å²) in [4.78, 5) is 1.67. The quantitative estimate of drug-likeness (QED) is 0.782. The van der Waals surface area contributed by atoms with Crippen molar-refractivity contribution < 1.29 is 0 Å². The third-order valence-corrected chi connectivity index (χ3v) is 3.12. The highest BCUT2D eigenvalue weighted by Gasteiger charge is 2.51. The first kappa shape index (κ1) is 10.5. The largest absolute Gasteiger partial charge is 0.327 e. The molecule has 5 nitrogen and oxygen atoms in total. The zero-order valence-corrected chi connectivity index (χ0v) is 9.86. The maximum Gasteiger partial charge on any atom is 0.182 e. The molecule has 0 amide bonds. The van der Waals surface area contributed by atoms with Gasteiger partial charge in [-0.2, -0.15) is 4.80 Å². The molecule has 0 aromatic carbocycles. The Morgan fingerprint density at radius 3 is 2.33 bits per heavy atom. The summed E-state index contributed by atoms with van der Waals surface area (Å²) in [7, 11) is 0. The fraction of sp³-hybridized carbons (Fsp3) is 0.900. The van der Waals surface area contributed by atoms with Gasteiger partial charge in [0.15, 0.2) is 5.82 Å². The molecule has 1 saturated carbocycles. The molecule has 1 aliphatic carbocycles. The fourth-order valence-electron chi connectivity index (χ4n) is 1.72. The molecule has 2 rings (SSSR count). The van der Waals surface area contributed by atoms with E-state index in [1.807, 2.05) is 6.92 Å². The Bertz CT molecular complexity index is 356. The van der Waals surface area contributed by atoms with Crippen molar-refractivity contribution in [2.45, 2.75) is 57.5 Å². The minimum Gasteiger partial charge on any atom is -0.327 e. The molecule has 1 atom stereocenters. The summed E-state index contributed by atoms with van der Waals surface area (Å²) < 4.78 is 0. The van der Waals surface area contributed by atoms with Gasteiger partial charge >= 0.3 is 0 Å². The first-order valence-corrected chi connectivity index (χ1v) is 5.43. The van der Waals surface area contributed by atoms with Gasteiger partial charge in [-0.25, -0.2) is 0 Å². The van der Waals surface area contributed by atoms with Crippen molar-refractivity contribution in [3.05, 3.63) is 5.82 Å². The van der Waals surface area contributed by atoms with Crippen molar-refractivity contribution in [3.8, 4) is 0 Å². The van der Waals surface area contributed by atoms with Crippen molar-refractivity contribution in [2.24, 2.45) is 5.73 Å². The van der Waals surface area contributed by atoms with Crippen LogP contribution >= 0.6 is 0 Å². The topological polar surface area (TPSA) is 69.6 Å². The molecule has 0 spiro atoms.